The van der Waals surface area contributed by atoms with Gasteiger partial charge in [0.05, 0.1) is 12.9 Å². The smallest absolute Gasteiger partial charge is 0.325 e. The van der Waals surface area contributed by atoms with Gasteiger partial charge in [0.25, 0.3) is 5.91 Å². The Labute approximate surface area is 113 Å². The summed E-state index contributed by atoms with van der Waals surface area (Å²) in [4.78, 5) is 27.0. The number of hydrogen-bond donors (Lipinski definition) is 1. The van der Waals surface area contributed by atoms with Crippen LogP contribution < -0.4 is 5.32 Å². The summed E-state index contributed by atoms with van der Waals surface area (Å²) in [6, 6.07) is 3.51. The highest BCUT2D eigenvalue weighted by Crippen LogP contribution is 2.23. The van der Waals surface area contributed by atoms with Crippen LogP contribution in [0.15, 0.2) is 28.2 Å². The summed E-state index contributed by atoms with van der Waals surface area (Å²) in [5.41, 5.74) is 0.251. The van der Waals surface area contributed by atoms with Crippen LogP contribution in [0.2, 0.25) is 0 Å². The molecule has 0 atom stereocenters. The van der Waals surface area contributed by atoms with Gasteiger partial charge in [0.1, 0.15) is 12.2 Å². The predicted molar refractivity (Wildman–Crippen MR) is 68.8 cm³/mol. The van der Waals surface area contributed by atoms with Crippen LogP contribution >= 0.6 is 11.3 Å². The van der Waals surface area contributed by atoms with Crippen molar-refractivity contribution in [1.82, 2.24) is 10.3 Å². The Kier molecular flexibility index (Phi) is 4.30. The molecule has 1 amide bonds. The summed E-state index contributed by atoms with van der Waals surface area (Å²) < 4.78 is 9.89. The third-order valence-corrected chi connectivity index (χ3v) is 3.02. The number of esters is 1. The molecule has 0 aromatic carbocycles. The molecule has 0 unspecified atom stereocenters. The van der Waals surface area contributed by atoms with Crippen LogP contribution in [0.4, 0.5) is 0 Å². The molecule has 1 N–H and O–H groups in total. The van der Waals surface area contributed by atoms with Crippen LogP contribution in [0.25, 0.3) is 10.8 Å². The average molecular weight is 280 g/mol. The van der Waals surface area contributed by atoms with E-state index in [-0.39, 0.29) is 18.8 Å². The fraction of sp³-hybridized carbons (Fsp3) is 0.250. The molecule has 2 rings (SSSR count). The zero-order chi connectivity index (χ0) is 13.7. The van der Waals surface area contributed by atoms with Crippen molar-refractivity contribution in [2.45, 2.75) is 6.92 Å². The van der Waals surface area contributed by atoms with Crippen LogP contribution in [0.1, 0.15) is 17.4 Å². The Balaban J connectivity index is 1.95. The average Bonchev–Trinajstić information content (AvgIpc) is 3.06. The molecular formula is C12H12N2O4S. The Bertz CT molecular complexity index is 562. The number of aromatic nitrogens is 1. The van der Waals surface area contributed by atoms with Crippen LogP contribution in [-0.2, 0) is 9.53 Å². The summed E-state index contributed by atoms with van der Waals surface area (Å²) in [7, 11) is 0. The second kappa shape index (κ2) is 6.14. The molecule has 0 aliphatic carbocycles. The topological polar surface area (TPSA) is 81.4 Å². The molecule has 0 saturated heterocycles. The maximum atomic E-state index is 11.7. The van der Waals surface area contributed by atoms with E-state index in [1.807, 2.05) is 0 Å². The van der Waals surface area contributed by atoms with Gasteiger partial charge in [-0.05, 0) is 19.1 Å². The lowest BCUT2D eigenvalue weighted by molar-refractivity contribution is -0.141. The van der Waals surface area contributed by atoms with E-state index >= 15 is 0 Å². The van der Waals surface area contributed by atoms with Gasteiger partial charge in [-0.3, -0.25) is 9.59 Å². The molecule has 0 saturated carbocycles. The van der Waals surface area contributed by atoms with Gasteiger partial charge in [-0.2, -0.15) is 0 Å². The molecule has 0 fully saturated rings. The minimum Gasteiger partial charge on any atom is -0.465 e. The standard InChI is InChI=1S/C12H12N2O4S/c1-2-17-10(15)6-13-11(16)8-7-19-12(14-8)9-4-3-5-18-9/h3-5,7H,2,6H2,1H3,(H,13,16). The number of amides is 1. The molecule has 2 aromatic rings. The molecule has 2 aromatic heterocycles. The number of hydrogen-bond acceptors (Lipinski definition) is 6. The largest absolute Gasteiger partial charge is 0.465 e. The van der Waals surface area contributed by atoms with Gasteiger partial charge in [-0.25, -0.2) is 4.98 Å². The van der Waals surface area contributed by atoms with Crippen molar-refractivity contribution < 1.29 is 18.7 Å². The van der Waals surface area contributed by atoms with Crippen LogP contribution in [-0.4, -0.2) is 30.0 Å². The number of nitrogens with one attached hydrogen (secondary N) is 1. The van der Waals surface area contributed by atoms with E-state index < -0.39 is 11.9 Å². The van der Waals surface area contributed by atoms with Crippen LogP contribution in [0, 0.1) is 0 Å². The minimum absolute atomic E-state index is 0.166. The molecule has 7 heteroatoms. The van der Waals surface area contributed by atoms with Gasteiger partial charge in [0.15, 0.2) is 10.8 Å². The fourth-order valence-corrected chi connectivity index (χ4v) is 2.11. The van der Waals surface area contributed by atoms with E-state index in [0.717, 1.165) is 0 Å². The Morgan fingerprint density at radius 3 is 3.05 bits per heavy atom. The predicted octanol–water partition coefficient (Wildman–Crippen LogP) is 1.70. The van der Waals surface area contributed by atoms with Crippen molar-refractivity contribution in [1.29, 1.82) is 0 Å². The molecule has 0 aliphatic rings. The first-order valence-electron chi connectivity index (χ1n) is 5.64. The number of ether oxygens (including phenoxy) is 1. The van der Waals surface area contributed by atoms with E-state index in [9.17, 15) is 9.59 Å². The van der Waals surface area contributed by atoms with Crippen molar-refractivity contribution in [2.75, 3.05) is 13.2 Å². The molecule has 6 nitrogen and oxygen atoms in total. The monoisotopic (exact) mass is 280 g/mol. The Morgan fingerprint density at radius 1 is 1.53 bits per heavy atom. The van der Waals surface area contributed by atoms with Gasteiger partial charge in [-0.1, -0.05) is 0 Å². The van der Waals surface area contributed by atoms with Crippen molar-refractivity contribution >= 4 is 23.2 Å². The summed E-state index contributed by atoms with van der Waals surface area (Å²) in [6.07, 6.45) is 1.54. The first-order valence-corrected chi connectivity index (χ1v) is 6.52. The lowest BCUT2D eigenvalue weighted by Gasteiger charge is -2.02. The maximum absolute atomic E-state index is 11.7. The zero-order valence-corrected chi connectivity index (χ0v) is 11.0. The van der Waals surface area contributed by atoms with Crippen LogP contribution in [0.3, 0.4) is 0 Å². The number of carbonyl (C=O) groups excluding carboxylic acids is 2. The number of furan rings is 1. The molecular weight excluding hydrogens is 268 g/mol. The normalized spacial score (nSPS) is 10.2. The quantitative estimate of drug-likeness (QED) is 0.843. The van der Waals surface area contributed by atoms with Gasteiger partial charge in [-0.15, -0.1) is 11.3 Å². The highest BCUT2D eigenvalue weighted by molar-refractivity contribution is 7.13. The third-order valence-electron chi connectivity index (χ3n) is 2.17. The number of carbonyl (C=O) groups is 2. The SMILES string of the molecule is CCOC(=O)CNC(=O)c1csc(-c2ccco2)n1. The highest BCUT2D eigenvalue weighted by atomic mass is 32.1. The van der Waals surface area contributed by atoms with Gasteiger partial charge < -0.3 is 14.5 Å². The molecule has 0 bridgehead atoms. The first kappa shape index (κ1) is 13.3. The first-order chi connectivity index (χ1) is 9.20. The lowest BCUT2D eigenvalue weighted by Crippen LogP contribution is -2.30. The molecule has 0 spiro atoms. The summed E-state index contributed by atoms with van der Waals surface area (Å²) in [5.74, 6) is -0.283. The lowest BCUT2D eigenvalue weighted by atomic mass is 10.4. The van der Waals surface area contributed by atoms with E-state index in [4.69, 9.17) is 9.15 Å². The van der Waals surface area contributed by atoms with Crippen LogP contribution in [0.5, 0.6) is 0 Å². The number of thiazole rings is 1. The summed E-state index contributed by atoms with van der Waals surface area (Å²) in [6.45, 7) is 1.82. The van der Waals surface area contributed by atoms with Crippen molar-refractivity contribution in [3.63, 3.8) is 0 Å². The van der Waals surface area contributed by atoms with Gasteiger partial charge in [0.2, 0.25) is 0 Å². The third kappa shape index (κ3) is 3.41. The van der Waals surface area contributed by atoms with E-state index in [1.54, 1.807) is 24.4 Å². The van der Waals surface area contributed by atoms with Crippen molar-refractivity contribution in [3.8, 4) is 10.8 Å². The molecule has 100 valence electrons. The number of nitrogens with zero attached hydrogens (tertiary/aromatic N) is 1. The number of rotatable bonds is 5. The maximum Gasteiger partial charge on any atom is 0.325 e. The van der Waals surface area contributed by atoms with Gasteiger partial charge >= 0.3 is 5.97 Å². The Hall–Kier alpha value is -2.15. The summed E-state index contributed by atoms with van der Waals surface area (Å²) >= 11 is 1.30. The fourth-order valence-electron chi connectivity index (χ4n) is 1.35. The van der Waals surface area contributed by atoms with E-state index in [1.165, 1.54) is 17.6 Å². The molecule has 0 aliphatic heterocycles. The highest BCUT2D eigenvalue weighted by Gasteiger charge is 2.14. The van der Waals surface area contributed by atoms with Gasteiger partial charge in [0, 0.05) is 5.38 Å². The summed E-state index contributed by atoms with van der Waals surface area (Å²) in [5, 5.41) is 4.67. The molecule has 2 heterocycles. The van der Waals surface area contributed by atoms with Crippen molar-refractivity contribution in [3.05, 3.63) is 29.5 Å². The Morgan fingerprint density at radius 2 is 2.37 bits per heavy atom. The molecule has 0 radical (unpaired) electrons. The second-order valence-corrected chi connectivity index (χ2v) is 4.36. The minimum atomic E-state index is -0.475. The van der Waals surface area contributed by atoms with E-state index in [2.05, 4.69) is 10.3 Å². The molecule has 19 heavy (non-hydrogen) atoms. The van der Waals surface area contributed by atoms with E-state index in [0.29, 0.717) is 10.8 Å². The second-order valence-electron chi connectivity index (χ2n) is 3.50. The van der Waals surface area contributed by atoms with Crippen molar-refractivity contribution in [2.24, 2.45) is 0 Å². The zero-order valence-electron chi connectivity index (χ0n) is 10.2.